The zero-order valence-corrected chi connectivity index (χ0v) is 10.8. The molecule has 0 saturated carbocycles. The van der Waals surface area contributed by atoms with E-state index in [1.54, 1.807) is 12.3 Å². The van der Waals surface area contributed by atoms with Gasteiger partial charge in [0.25, 0.3) is 0 Å². The van der Waals surface area contributed by atoms with Gasteiger partial charge in [-0.1, -0.05) is 11.6 Å². The second-order valence-corrected chi connectivity index (χ2v) is 4.66. The number of carbonyl (C=O) groups is 1. The molecular weight excluding hydrogens is 254 g/mol. The number of fused-ring (bicyclic) bond motifs is 1. The molecule has 0 fully saturated rings. The summed E-state index contributed by atoms with van der Waals surface area (Å²) in [6.45, 7) is 1.12. The van der Waals surface area contributed by atoms with Crippen LogP contribution in [0.5, 0.6) is 0 Å². The number of carboxylic acid groups (broad SMARTS) is 1. The Hall–Kier alpha value is -1.59. The Kier molecular flexibility index (Phi) is 3.84. The first-order chi connectivity index (χ1) is 8.54. The lowest BCUT2D eigenvalue weighted by atomic mass is 10.3. The Balaban J connectivity index is 2.05. The van der Waals surface area contributed by atoms with Crippen LogP contribution in [0.25, 0.3) is 5.65 Å². The SMILES string of the molecule is CN(CCC(=O)O)Cc1cn2cc(Cl)ccc2n1. The third-order valence-corrected chi connectivity index (χ3v) is 2.83. The van der Waals surface area contributed by atoms with Crippen molar-refractivity contribution in [3.05, 3.63) is 35.2 Å². The summed E-state index contributed by atoms with van der Waals surface area (Å²) in [5.41, 5.74) is 1.73. The summed E-state index contributed by atoms with van der Waals surface area (Å²) in [6.07, 6.45) is 3.83. The molecule has 0 saturated heterocycles. The Morgan fingerprint density at radius 2 is 2.28 bits per heavy atom. The van der Waals surface area contributed by atoms with E-state index in [4.69, 9.17) is 16.7 Å². The lowest BCUT2D eigenvalue weighted by Gasteiger charge is -2.12. The van der Waals surface area contributed by atoms with Crippen molar-refractivity contribution < 1.29 is 9.90 Å². The Labute approximate surface area is 110 Å². The van der Waals surface area contributed by atoms with E-state index in [1.165, 1.54) is 0 Å². The number of hydrogen-bond donors (Lipinski definition) is 1. The molecule has 0 aliphatic rings. The smallest absolute Gasteiger partial charge is 0.304 e. The second kappa shape index (κ2) is 5.37. The largest absolute Gasteiger partial charge is 0.481 e. The van der Waals surface area contributed by atoms with Crippen molar-refractivity contribution in [2.24, 2.45) is 0 Å². The molecule has 0 aromatic carbocycles. The minimum atomic E-state index is -0.788. The van der Waals surface area contributed by atoms with E-state index >= 15 is 0 Å². The van der Waals surface area contributed by atoms with Crippen LogP contribution < -0.4 is 0 Å². The zero-order valence-electron chi connectivity index (χ0n) is 10.0. The fraction of sp³-hybridized carbons (Fsp3) is 0.333. The first-order valence-corrected chi connectivity index (χ1v) is 5.96. The van der Waals surface area contributed by atoms with Crippen molar-refractivity contribution in [3.63, 3.8) is 0 Å². The van der Waals surface area contributed by atoms with Crippen molar-refractivity contribution in [2.45, 2.75) is 13.0 Å². The predicted octanol–water partition coefficient (Wildman–Crippen LogP) is 1.89. The summed E-state index contributed by atoms with van der Waals surface area (Å²) in [5, 5.41) is 9.27. The average Bonchev–Trinajstić information content (AvgIpc) is 2.67. The van der Waals surface area contributed by atoms with Gasteiger partial charge in [0.15, 0.2) is 0 Å². The molecule has 1 N–H and O–H groups in total. The number of aliphatic carboxylic acids is 1. The number of aromatic nitrogens is 2. The molecule has 96 valence electrons. The predicted molar refractivity (Wildman–Crippen MR) is 68.8 cm³/mol. The van der Waals surface area contributed by atoms with E-state index in [0.29, 0.717) is 18.1 Å². The third-order valence-electron chi connectivity index (χ3n) is 2.60. The highest BCUT2D eigenvalue weighted by Gasteiger charge is 2.07. The van der Waals surface area contributed by atoms with Gasteiger partial charge >= 0.3 is 5.97 Å². The molecule has 2 rings (SSSR count). The van der Waals surface area contributed by atoms with Crippen LogP contribution in [-0.4, -0.2) is 39.0 Å². The standard InChI is InChI=1S/C12H14ClN3O2/c1-15(5-4-12(17)18)7-10-8-16-6-9(13)2-3-11(16)14-10/h2-3,6,8H,4-5,7H2,1H3,(H,17,18). The molecule has 18 heavy (non-hydrogen) atoms. The molecule has 0 bridgehead atoms. The van der Waals surface area contributed by atoms with Crippen molar-refractivity contribution in [1.82, 2.24) is 14.3 Å². The number of carboxylic acids is 1. The van der Waals surface area contributed by atoms with Gasteiger partial charge in [0, 0.05) is 25.5 Å². The van der Waals surface area contributed by atoms with Gasteiger partial charge in [-0.2, -0.15) is 0 Å². The summed E-state index contributed by atoms with van der Waals surface area (Å²) in [4.78, 5) is 16.8. The molecule has 0 unspecified atom stereocenters. The van der Waals surface area contributed by atoms with E-state index < -0.39 is 5.97 Å². The summed E-state index contributed by atoms with van der Waals surface area (Å²) in [5.74, 6) is -0.788. The number of pyridine rings is 1. The van der Waals surface area contributed by atoms with E-state index in [-0.39, 0.29) is 6.42 Å². The van der Waals surface area contributed by atoms with Crippen molar-refractivity contribution in [1.29, 1.82) is 0 Å². The molecule has 0 radical (unpaired) electrons. The van der Waals surface area contributed by atoms with Gasteiger partial charge in [0.2, 0.25) is 0 Å². The van der Waals surface area contributed by atoms with Gasteiger partial charge in [0.05, 0.1) is 17.1 Å². The van der Waals surface area contributed by atoms with Crippen LogP contribution in [0.2, 0.25) is 5.02 Å². The fourth-order valence-electron chi connectivity index (χ4n) is 1.74. The molecule has 2 aromatic rings. The van der Waals surface area contributed by atoms with Crippen LogP contribution in [0.3, 0.4) is 0 Å². The Bertz CT molecular complexity index is 567. The van der Waals surface area contributed by atoms with Crippen LogP contribution in [0.15, 0.2) is 24.5 Å². The monoisotopic (exact) mass is 267 g/mol. The zero-order chi connectivity index (χ0) is 13.1. The molecule has 0 atom stereocenters. The fourth-order valence-corrected chi connectivity index (χ4v) is 1.90. The Morgan fingerprint density at radius 3 is 3.00 bits per heavy atom. The molecule has 0 spiro atoms. The summed E-state index contributed by atoms with van der Waals surface area (Å²) in [7, 11) is 1.87. The van der Waals surface area contributed by atoms with Crippen molar-refractivity contribution in [3.8, 4) is 0 Å². The third kappa shape index (κ3) is 3.21. The molecular formula is C12H14ClN3O2. The molecule has 0 amide bonds. The highest BCUT2D eigenvalue weighted by atomic mass is 35.5. The molecule has 2 heterocycles. The second-order valence-electron chi connectivity index (χ2n) is 4.23. The molecule has 0 aliphatic heterocycles. The van der Waals surface area contributed by atoms with Gasteiger partial charge in [0.1, 0.15) is 5.65 Å². The summed E-state index contributed by atoms with van der Waals surface area (Å²) in [6, 6.07) is 3.64. The van der Waals surface area contributed by atoms with Crippen LogP contribution >= 0.6 is 11.6 Å². The van der Waals surface area contributed by atoms with Crippen LogP contribution in [-0.2, 0) is 11.3 Å². The number of nitrogens with zero attached hydrogens (tertiary/aromatic N) is 3. The number of imidazole rings is 1. The van der Waals surface area contributed by atoms with E-state index in [0.717, 1.165) is 11.3 Å². The highest BCUT2D eigenvalue weighted by Crippen LogP contribution is 2.12. The minimum Gasteiger partial charge on any atom is -0.481 e. The highest BCUT2D eigenvalue weighted by molar-refractivity contribution is 6.30. The van der Waals surface area contributed by atoms with Gasteiger partial charge in [-0.25, -0.2) is 4.98 Å². The first-order valence-electron chi connectivity index (χ1n) is 5.58. The maximum atomic E-state index is 10.5. The van der Waals surface area contributed by atoms with Crippen LogP contribution in [0.4, 0.5) is 0 Å². The normalized spacial score (nSPS) is 11.3. The van der Waals surface area contributed by atoms with Gasteiger partial charge in [-0.3, -0.25) is 9.69 Å². The summed E-state index contributed by atoms with van der Waals surface area (Å²) >= 11 is 5.89. The lowest BCUT2D eigenvalue weighted by molar-refractivity contribution is -0.137. The van der Waals surface area contributed by atoms with Crippen molar-refractivity contribution >= 4 is 23.2 Å². The quantitative estimate of drug-likeness (QED) is 0.899. The van der Waals surface area contributed by atoms with Crippen LogP contribution in [0.1, 0.15) is 12.1 Å². The number of halogens is 1. The topological polar surface area (TPSA) is 57.8 Å². The summed E-state index contributed by atoms with van der Waals surface area (Å²) < 4.78 is 1.86. The number of rotatable bonds is 5. The molecule has 6 heteroatoms. The lowest BCUT2D eigenvalue weighted by Crippen LogP contribution is -2.21. The van der Waals surface area contributed by atoms with E-state index in [2.05, 4.69) is 4.98 Å². The van der Waals surface area contributed by atoms with Gasteiger partial charge in [-0.05, 0) is 19.2 Å². The minimum absolute atomic E-state index is 0.135. The average molecular weight is 268 g/mol. The molecule has 0 aliphatic carbocycles. The van der Waals surface area contributed by atoms with Crippen molar-refractivity contribution in [2.75, 3.05) is 13.6 Å². The first kappa shape index (κ1) is 12.9. The van der Waals surface area contributed by atoms with E-state index in [9.17, 15) is 4.79 Å². The number of hydrogen-bond acceptors (Lipinski definition) is 3. The van der Waals surface area contributed by atoms with Gasteiger partial charge in [-0.15, -0.1) is 0 Å². The maximum absolute atomic E-state index is 10.5. The maximum Gasteiger partial charge on any atom is 0.304 e. The molecule has 5 nitrogen and oxygen atoms in total. The van der Waals surface area contributed by atoms with E-state index in [1.807, 2.05) is 28.6 Å². The Morgan fingerprint density at radius 1 is 1.50 bits per heavy atom. The van der Waals surface area contributed by atoms with Gasteiger partial charge < -0.3 is 9.51 Å². The molecule has 2 aromatic heterocycles. The van der Waals surface area contributed by atoms with Crippen LogP contribution in [0, 0.1) is 0 Å².